The summed E-state index contributed by atoms with van der Waals surface area (Å²) in [7, 11) is -1.24. The lowest BCUT2D eigenvalue weighted by Crippen LogP contribution is -2.45. The van der Waals surface area contributed by atoms with Gasteiger partial charge in [0.15, 0.2) is 0 Å². The Morgan fingerprint density at radius 1 is 1.19 bits per heavy atom. The zero-order valence-electron chi connectivity index (χ0n) is 17.0. The molecule has 1 aromatic rings. The lowest BCUT2D eigenvalue weighted by molar-refractivity contribution is -0.00707. The number of benzene rings is 1. The number of rotatable bonds is 3. The molecule has 1 saturated heterocycles. The summed E-state index contributed by atoms with van der Waals surface area (Å²) in [5.74, 6) is 0. The van der Waals surface area contributed by atoms with Crippen LogP contribution in [0.3, 0.4) is 0 Å². The molecule has 1 aromatic carbocycles. The van der Waals surface area contributed by atoms with Gasteiger partial charge in [0, 0.05) is 18.0 Å². The predicted octanol–water partition coefficient (Wildman–Crippen LogP) is 5.14. The van der Waals surface area contributed by atoms with Crippen LogP contribution in [-0.2, 0) is 8.92 Å². The Kier molecular flexibility index (Phi) is 5.08. The van der Waals surface area contributed by atoms with Gasteiger partial charge in [-0.1, -0.05) is 17.7 Å². The fourth-order valence-corrected chi connectivity index (χ4v) is 5.71. The molecule has 3 rings (SSSR count). The molecule has 1 aliphatic carbocycles. The summed E-state index contributed by atoms with van der Waals surface area (Å²) < 4.78 is 12.0. The van der Waals surface area contributed by atoms with E-state index in [0.29, 0.717) is 6.10 Å². The van der Waals surface area contributed by atoms with Crippen LogP contribution in [0.2, 0.25) is 0 Å². The molecule has 5 heteroatoms. The van der Waals surface area contributed by atoms with Crippen molar-refractivity contribution in [3.63, 3.8) is 0 Å². The third-order valence-corrected chi connectivity index (χ3v) is 7.54. The number of ether oxygens (including phenoxy) is 1. The van der Waals surface area contributed by atoms with Gasteiger partial charge in [0.1, 0.15) is 5.60 Å². The fourth-order valence-electron chi connectivity index (χ4n) is 3.99. The van der Waals surface area contributed by atoms with Crippen molar-refractivity contribution in [2.75, 3.05) is 25.6 Å². The molecule has 0 radical (unpaired) electrons. The first-order valence-electron chi connectivity index (χ1n) is 9.44. The zero-order valence-corrected chi connectivity index (χ0v) is 17.8. The molecule has 1 heterocycles. The van der Waals surface area contributed by atoms with Gasteiger partial charge in [-0.25, -0.2) is 4.79 Å². The van der Waals surface area contributed by atoms with Crippen LogP contribution in [-0.4, -0.2) is 48.3 Å². The van der Waals surface area contributed by atoms with Gasteiger partial charge in [-0.15, -0.1) is 10.3 Å². The Bertz CT molecular complexity index is 657. The second kappa shape index (κ2) is 6.75. The van der Waals surface area contributed by atoms with Gasteiger partial charge >= 0.3 is 6.09 Å². The van der Waals surface area contributed by atoms with Crippen molar-refractivity contribution in [2.24, 2.45) is 5.41 Å². The maximum Gasteiger partial charge on any atom is 0.410 e. The molecule has 1 saturated carbocycles. The van der Waals surface area contributed by atoms with Crippen molar-refractivity contribution >= 4 is 16.4 Å². The summed E-state index contributed by atoms with van der Waals surface area (Å²) in [6.07, 6.45) is 7.74. The molecule has 1 spiro atoms. The number of carbonyl (C=O) groups excluding carboxylic acids is 1. The summed E-state index contributed by atoms with van der Waals surface area (Å²) in [5.41, 5.74) is 1.09. The zero-order chi connectivity index (χ0) is 19.2. The van der Waals surface area contributed by atoms with Crippen LogP contribution in [0.1, 0.15) is 45.6 Å². The summed E-state index contributed by atoms with van der Waals surface area (Å²) in [4.78, 5) is 15.5. The van der Waals surface area contributed by atoms with Crippen LogP contribution < -0.4 is 0 Å². The van der Waals surface area contributed by atoms with E-state index < -0.39 is 15.9 Å². The first-order chi connectivity index (χ1) is 12.0. The molecule has 146 valence electrons. The highest BCUT2D eigenvalue weighted by atomic mass is 32.3. The molecule has 0 N–H and O–H groups in total. The molecule has 4 nitrogen and oxygen atoms in total. The van der Waals surface area contributed by atoms with Crippen LogP contribution in [0.4, 0.5) is 4.79 Å². The molecule has 1 amide bonds. The van der Waals surface area contributed by atoms with Crippen molar-refractivity contribution in [1.82, 2.24) is 4.90 Å². The number of amides is 1. The van der Waals surface area contributed by atoms with Crippen LogP contribution in [0, 0.1) is 12.3 Å². The normalized spacial score (nSPS) is 26.7. The van der Waals surface area contributed by atoms with Crippen LogP contribution >= 0.6 is 10.3 Å². The van der Waals surface area contributed by atoms with Crippen molar-refractivity contribution < 1.29 is 13.7 Å². The molecule has 2 fully saturated rings. The molecular weight excluding hydrogens is 346 g/mol. The first kappa shape index (κ1) is 19.6. The molecule has 0 atom stereocenters. The maximum atomic E-state index is 12.3. The summed E-state index contributed by atoms with van der Waals surface area (Å²) in [6, 6.07) is 8.70. The van der Waals surface area contributed by atoms with Crippen LogP contribution in [0.5, 0.6) is 0 Å². The van der Waals surface area contributed by atoms with E-state index >= 15 is 0 Å². The minimum absolute atomic E-state index is 0.177. The number of likely N-dealkylation sites (tertiary alicyclic amines) is 1. The van der Waals surface area contributed by atoms with Crippen molar-refractivity contribution in [2.45, 2.75) is 63.6 Å². The van der Waals surface area contributed by atoms with Gasteiger partial charge in [0.2, 0.25) is 0 Å². The highest BCUT2D eigenvalue weighted by Gasteiger charge is 2.51. The third kappa shape index (κ3) is 4.37. The second-order valence-electron chi connectivity index (χ2n) is 9.32. The standard InChI is InChI=1S/C21H33NO3S/c1-16-7-9-18(10-8-16)26(5,6)25-17-13-21(14-17)11-12-22(15-21)19(23)24-20(2,3)4/h7-10,17H,11-15H2,1-6H3. The monoisotopic (exact) mass is 379 g/mol. The average Bonchev–Trinajstić information content (AvgIpc) is 2.91. The average molecular weight is 380 g/mol. The SMILES string of the molecule is Cc1ccc(S(C)(C)OC2CC3(CCN(C(=O)OC(C)(C)C)C3)C2)cc1. The summed E-state index contributed by atoms with van der Waals surface area (Å²) >= 11 is 0. The molecule has 2 aliphatic rings. The van der Waals surface area contributed by atoms with Crippen LogP contribution in [0.25, 0.3) is 0 Å². The van der Waals surface area contributed by atoms with E-state index in [1.54, 1.807) is 0 Å². The smallest absolute Gasteiger partial charge is 0.410 e. The topological polar surface area (TPSA) is 38.8 Å². The Labute approximate surface area is 159 Å². The Hall–Kier alpha value is -1.20. The minimum atomic E-state index is -1.24. The van der Waals surface area contributed by atoms with Crippen molar-refractivity contribution in [3.05, 3.63) is 29.8 Å². The number of aryl methyl sites for hydroxylation is 1. The Morgan fingerprint density at radius 3 is 2.38 bits per heavy atom. The van der Waals surface area contributed by atoms with E-state index in [4.69, 9.17) is 8.92 Å². The van der Waals surface area contributed by atoms with Gasteiger partial charge in [0.25, 0.3) is 0 Å². The Morgan fingerprint density at radius 2 is 1.81 bits per heavy atom. The van der Waals surface area contributed by atoms with Crippen LogP contribution in [0.15, 0.2) is 29.2 Å². The first-order valence-corrected chi connectivity index (χ1v) is 11.8. The lowest BCUT2D eigenvalue weighted by Gasteiger charge is -2.48. The fraction of sp³-hybridized carbons (Fsp3) is 0.667. The number of hydrogen-bond donors (Lipinski definition) is 0. The highest BCUT2D eigenvalue weighted by Crippen LogP contribution is 2.58. The van der Waals surface area contributed by atoms with E-state index in [1.165, 1.54) is 10.5 Å². The number of nitrogens with zero attached hydrogens (tertiary/aromatic N) is 1. The molecule has 0 unspecified atom stereocenters. The predicted molar refractivity (Wildman–Crippen MR) is 108 cm³/mol. The Balaban J connectivity index is 1.52. The van der Waals surface area contributed by atoms with E-state index in [9.17, 15) is 4.79 Å². The minimum Gasteiger partial charge on any atom is -0.444 e. The van der Waals surface area contributed by atoms with Gasteiger partial charge in [-0.3, -0.25) is 0 Å². The lowest BCUT2D eigenvalue weighted by atomic mass is 9.66. The number of hydrogen-bond acceptors (Lipinski definition) is 3. The van der Waals surface area contributed by atoms with E-state index in [-0.39, 0.29) is 11.5 Å². The quantitative estimate of drug-likeness (QED) is 0.730. The largest absolute Gasteiger partial charge is 0.444 e. The molecule has 0 aromatic heterocycles. The van der Waals surface area contributed by atoms with Gasteiger partial charge in [-0.2, -0.15) is 0 Å². The van der Waals surface area contributed by atoms with Gasteiger partial charge in [0.05, 0.1) is 6.10 Å². The maximum absolute atomic E-state index is 12.3. The van der Waals surface area contributed by atoms with Crippen molar-refractivity contribution in [3.8, 4) is 0 Å². The van der Waals surface area contributed by atoms with Crippen molar-refractivity contribution in [1.29, 1.82) is 0 Å². The molecular formula is C21H33NO3S. The van der Waals surface area contributed by atoms with E-state index in [0.717, 1.165) is 32.4 Å². The highest BCUT2D eigenvalue weighted by molar-refractivity contribution is 8.28. The molecule has 26 heavy (non-hydrogen) atoms. The summed E-state index contributed by atoms with van der Waals surface area (Å²) in [6.45, 7) is 9.47. The van der Waals surface area contributed by atoms with E-state index in [2.05, 4.69) is 43.7 Å². The third-order valence-electron chi connectivity index (χ3n) is 5.38. The molecule has 0 bridgehead atoms. The number of carbonyl (C=O) groups is 1. The van der Waals surface area contributed by atoms with Gasteiger partial charge < -0.3 is 13.8 Å². The van der Waals surface area contributed by atoms with Gasteiger partial charge in [-0.05, 0) is 77.0 Å². The van der Waals surface area contributed by atoms with E-state index in [1.807, 2.05) is 25.7 Å². The molecule has 1 aliphatic heterocycles. The second-order valence-corrected chi connectivity index (χ2v) is 12.5. The summed E-state index contributed by atoms with van der Waals surface area (Å²) in [5, 5.41) is 0.